The topological polar surface area (TPSA) is 93.7 Å². The fourth-order valence-corrected chi connectivity index (χ4v) is 2.14. The Labute approximate surface area is 153 Å². The second-order valence-corrected chi connectivity index (χ2v) is 5.31. The summed E-state index contributed by atoms with van der Waals surface area (Å²) in [6.07, 6.45) is 0. The normalized spacial score (nSPS) is 9.96. The number of hydrogen-bond donors (Lipinski definition) is 2. The minimum atomic E-state index is -1.11. The van der Waals surface area contributed by atoms with Crippen molar-refractivity contribution in [2.75, 3.05) is 19.0 Å². The molecule has 2 N–H and O–H groups in total. The highest BCUT2D eigenvalue weighted by atomic mass is 35.5. The largest absolute Gasteiger partial charge is 0.497 e. The zero-order valence-electron chi connectivity index (χ0n) is 13.5. The number of hydrogen-bond acceptors (Lipinski definition) is 5. The Kier molecular flexibility index (Phi) is 6.51. The van der Waals surface area contributed by atoms with Crippen molar-refractivity contribution >= 4 is 35.2 Å². The average molecular weight is 381 g/mol. The standard InChI is InChI=1S/C17H14ClFN2O5/c1-25-11-7-5-10(6-8-11)20-17(24)21-14(22)9-26-16(23)15-12(18)3-2-4-13(15)19/h2-8H,9H2,1H3,(H2,20,21,22,24). The number of carbonyl (C=O) groups is 3. The SMILES string of the molecule is COc1ccc(NC(=O)NC(=O)COC(=O)c2c(F)cccc2Cl)cc1. The summed E-state index contributed by atoms with van der Waals surface area (Å²) in [4.78, 5) is 35.1. The number of halogens is 2. The van der Waals surface area contributed by atoms with Gasteiger partial charge in [0.05, 0.1) is 12.1 Å². The molecule has 9 heteroatoms. The first-order chi connectivity index (χ1) is 12.4. The number of esters is 1. The Morgan fingerprint density at radius 3 is 2.42 bits per heavy atom. The highest BCUT2D eigenvalue weighted by Gasteiger charge is 2.19. The van der Waals surface area contributed by atoms with Gasteiger partial charge in [-0.2, -0.15) is 0 Å². The van der Waals surface area contributed by atoms with Crippen LogP contribution in [-0.4, -0.2) is 31.6 Å². The molecule has 0 bridgehead atoms. The number of methoxy groups -OCH3 is 1. The van der Waals surface area contributed by atoms with Crippen molar-refractivity contribution < 1.29 is 28.2 Å². The molecular weight excluding hydrogens is 367 g/mol. The van der Waals surface area contributed by atoms with Crippen molar-refractivity contribution in [3.05, 3.63) is 58.9 Å². The van der Waals surface area contributed by atoms with E-state index in [1.807, 2.05) is 5.32 Å². The van der Waals surface area contributed by atoms with Crippen LogP contribution in [0.1, 0.15) is 10.4 Å². The molecule has 7 nitrogen and oxygen atoms in total. The molecule has 2 aromatic carbocycles. The number of urea groups is 1. The number of carbonyl (C=O) groups excluding carboxylic acids is 3. The number of nitrogens with one attached hydrogen (secondary N) is 2. The van der Waals surface area contributed by atoms with Gasteiger partial charge in [0.25, 0.3) is 5.91 Å². The number of ether oxygens (including phenoxy) is 2. The summed E-state index contributed by atoms with van der Waals surface area (Å²) >= 11 is 5.72. The molecule has 2 rings (SSSR count). The highest BCUT2D eigenvalue weighted by Crippen LogP contribution is 2.19. The third-order valence-corrected chi connectivity index (χ3v) is 3.42. The van der Waals surface area contributed by atoms with Crippen LogP contribution >= 0.6 is 11.6 Å². The van der Waals surface area contributed by atoms with E-state index >= 15 is 0 Å². The van der Waals surface area contributed by atoms with Crippen LogP contribution in [0.25, 0.3) is 0 Å². The van der Waals surface area contributed by atoms with Crippen LogP contribution < -0.4 is 15.4 Å². The van der Waals surface area contributed by atoms with Gasteiger partial charge in [-0.3, -0.25) is 10.1 Å². The van der Waals surface area contributed by atoms with Gasteiger partial charge < -0.3 is 14.8 Å². The van der Waals surface area contributed by atoms with Crippen LogP contribution in [0.15, 0.2) is 42.5 Å². The van der Waals surface area contributed by atoms with E-state index in [2.05, 4.69) is 10.1 Å². The summed E-state index contributed by atoms with van der Waals surface area (Å²) in [6, 6.07) is 9.24. The van der Waals surface area contributed by atoms with Crippen LogP contribution in [0.2, 0.25) is 5.02 Å². The van der Waals surface area contributed by atoms with Gasteiger partial charge in [-0.25, -0.2) is 14.0 Å². The molecule has 0 aromatic heterocycles. The van der Waals surface area contributed by atoms with Gasteiger partial charge in [0.2, 0.25) is 0 Å². The van der Waals surface area contributed by atoms with E-state index in [4.69, 9.17) is 16.3 Å². The maximum absolute atomic E-state index is 13.6. The maximum atomic E-state index is 13.6. The van der Waals surface area contributed by atoms with Crippen LogP contribution in [0.3, 0.4) is 0 Å². The Bertz CT molecular complexity index is 806. The Hall–Kier alpha value is -3.13. The first-order valence-electron chi connectivity index (χ1n) is 7.26. The van der Waals surface area contributed by atoms with Crippen molar-refractivity contribution in [2.45, 2.75) is 0 Å². The van der Waals surface area contributed by atoms with Crippen molar-refractivity contribution in [1.82, 2.24) is 5.32 Å². The third kappa shape index (κ3) is 5.18. The number of anilines is 1. The fraction of sp³-hybridized carbons (Fsp3) is 0.118. The lowest BCUT2D eigenvalue weighted by Crippen LogP contribution is -2.37. The van der Waals surface area contributed by atoms with Crippen molar-refractivity contribution in [3.63, 3.8) is 0 Å². The smallest absolute Gasteiger partial charge is 0.343 e. The number of imide groups is 1. The van der Waals surface area contributed by atoms with Gasteiger partial charge in [-0.15, -0.1) is 0 Å². The zero-order valence-corrected chi connectivity index (χ0v) is 14.3. The average Bonchev–Trinajstić information content (AvgIpc) is 2.60. The van der Waals surface area contributed by atoms with Crippen LogP contribution in [0, 0.1) is 5.82 Å². The Balaban J connectivity index is 1.84. The summed E-state index contributed by atoms with van der Waals surface area (Å²) in [5.74, 6) is -2.28. The van der Waals surface area contributed by atoms with E-state index in [0.717, 1.165) is 6.07 Å². The molecule has 136 valence electrons. The first kappa shape index (κ1) is 19.2. The molecule has 0 aliphatic rings. The first-order valence-corrected chi connectivity index (χ1v) is 7.64. The van der Waals surface area contributed by atoms with E-state index in [9.17, 15) is 18.8 Å². The van der Waals surface area contributed by atoms with E-state index in [0.29, 0.717) is 11.4 Å². The summed E-state index contributed by atoms with van der Waals surface area (Å²) in [5.41, 5.74) is -0.0594. The molecule has 0 aliphatic carbocycles. The van der Waals surface area contributed by atoms with E-state index in [1.165, 1.54) is 19.2 Å². The summed E-state index contributed by atoms with van der Waals surface area (Å²) < 4.78 is 23.2. The van der Waals surface area contributed by atoms with Crippen molar-refractivity contribution in [1.29, 1.82) is 0 Å². The van der Waals surface area contributed by atoms with Gasteiger partial charge in [-0.05, 0) is 36.4 Å². The Morgan fingerprint density at radius 2 is 1.81 bits per heavy atom. The number of rotatable bonds is 5. The van der Waals surface area contributed by atoms with E-state index in [1.54, 1.807) is 24.3 Å². The molecule has 26 heavy (non-hydrogen) atoms. The molecule has 0 unspecified atom stereocenters. The molecule has 0 fully saturated rings. The lowest BCUT2D eigenvalue weighted by atomic mass is 10.2. The molecule has 0 radical (unpaired) electrons. The molecule has 0 atom stereocenters. The van der Waals surface area contributed by atoms with Crippen LogP contribution in [0.5, 0.6) is 5.75 Å². The van der Waals surface area contributed by atoms with E-state index in [-0.39, 0.29) is 5.02 Å². The van der Waals surface area contributed by atoms with Crippen molar-refractivity contribution in [3.8, 4) is 5.75 Å². The Morgan fingerprint density at radius 1 is 1.12 bits per heavy atom. The second-order valence-electron chi connectivity index (χ2n) is 4.90. The summed E-state index contributed by atoms with van der Waals surface area (Å²) in [7, 11) is 1.50. The third-order valence-electron chi connectivity index (χ3n) is 3.10. The zero-order chi connectivity index (χ0) is 19.1. The number of benzene rings is 2. The van der Waals surface area contributed by atoms with Crippen molar-refractivity contribution in [2.24, 2.45) is 0 Å². The van der Waals surface area contributed by atoms with Gasteiger partial charge in [0.15, 0.2) is 6.61 Å². The van der Waals surface area contributed by atoms with Gasteiger partial charge in [-0.1, -0.05) is 17.7 Å². The fourth-order valence-electron chi connectivity index (χ4n) is 1.90. The predicted molar refractivity (Wildman–Crippen MR) is 91.8 cm³/mol. The molecule has 0 saturated heterocycles. The van der Waals surface area contributed by atoms with Crippen LogP contribution in [-0.2, 0) is 9.53 Å². The number of amides is 3. The maximum Gasteiger partial charge on any atom is 0.343 e. The molecule has 0 aliphatic heterocycles. The van der Waals surface area contributed by atoms with Gasteiger partial charge in [0.1, 0.15) is 17.1 Å². The molecule has 0 spiro atoms. The molecule has 0 heterocycles. The summed E-state index contributed by atoms with van der Waals surface area (Å²) in [5, 5.41) is 4.24. The van der Waals surface area contributed by atoms with Crippen LogP contribution in [0.4, 0.5) is 14.9 Å². The van der Waals surface area contributed by atoms with Gasteiger partial charge >= 0.3 is 12.0 Å². The van der Waals surface area contributed by atoms with E-state index < -0.39 is 35.9 Å². The molecule has 3 amide bonds. The lowest BCUT2D eigenvalue weighted by Gasteiger charge is -2.09. The molecule has 0 saturated carbocycles. The monoisotopic (exact) mass is 380 g/mol. The highest BCUT2D eigenvalue weighted by molar-refractivity contribution is 6.33. The minimum Gasteiger partial charge on any atom is -0.497 e. The second kappa shape index (κ2) is 8.82. The summed E-state index contributed by atoms with van der Waals surface area (Å²) in [6.45, 7) is -0.778. The molecular formula is C17H14ClFN2O5. The molecule has 2 aromatic rings. The van der Waals surface area contributed by atoms with Gasteiger partial charge in [0, 0.05) is 5.69 Å². The predicted octanol–water partition coefficient (Wildman–Crippen LogP) is 2.99. The quantitative estimate of drug-likeness (QED) is 0.778. The lowest BCUT2D eigenvalue weighted by molar-refractivity contribution is -0.123. The minimum absolute atomic E-state index is 0.146.